The van der Waals surface area contributed by atoms with Crippen LogP contribution in [0.3, 0.4) is 0 Å². The normalized spacial score (nSPS) is 31.4. The number of hydrogen-bond acceptors (Lipinski definition) is 5. The molecule has 0 N–H and O–H groups in total. The first-order valence-electron chi connectivity index (χ1n) is 9.80. The van der Waals surface area contributed by atoms with Gasteiger partial charge in [-0.3, -0.25) is 0 Å². The summed E-state index contributed by atoms with van der Waals surface area (Å²) in [4.78, 5) is 6.98. The molecule has 5 heteroatoms. The molecule has 0 saturated carbocycles. The second-order valence-corrected chi connectivity index (χ2v) is 7.86. The average Bonchev–Trinajstić information content (AvgIpc) is 2.68. The van der Waals surface area contributed by atoms with E-state index in [1.165, 1.54) is 25.8 Å². The summed E-state index contributed by atoms with van der Waals surface area (Å²) < 4.78 is 17.8. The summed E-state index contributed by atoms with van der Waals surface area (Å²) in [6.07, 6.45) is 7.97. The summed E-state index contributed by atoms with van der Waals surface area (Å²) in [5.41, 5.74) is 0.110. The Morgan fingerprint density at radius 1 is 1.20 bits per heavy atom. The van der Waals surface area contributed by atoms with E-state index in [1.807, 2.05) is 18.2 Å². The first kappa shape index (κ1) is 17.3. The molecule has 0 unspecified atom stereocenters. The van der Waals surface area contributed by atoms with Gasteiger partial charge in [0.25, 0.3) is 0 Å². The monoisotopic (exact) mass is 346 g/mol. The molecule has 0 amide bonds. The van der Waals surface area contributed by atoms with Crippen LogP contribution in [0.25, 0.3) is 0 Å². The number of aromatic nitrogens is 1. The molecule has 1 aromatic heterocycles. The largest absolute Gasteiger partial charge is 0.477 e. The third-order valence-corrected chi connectivity index (χ3v) is 6.07. The van der Waals surface area contributed by atoms with Crippen molar-refractivity contribution in [1.82, 2.24) is 9.88 Å². The Kier molecular flexibility index (Phi) is 5.54. The second kappa shape index (κ2) is 8.02. The highest BCUT2D eigenvalue weighted by molar-refractivity contribution is 5.10. The van der Waals surface area contributed by atoms with E-state index in [9.17, 15) is 0 Å². The Morgan fingerprint density at radius 2 is 2.12 bits per heavy atom. The maximum atomic E-state index is 6.16. The molecule has 4 heterocycles. The van der Waals surface area contributed by atoms with E-state index in [4.69, 9.17) is 14.2 Å². The lowest BCUT2D eigenvalue weighted by Gasteiger charge is -2.50. The topological polar surface area (TPSA) is 43.8 Å². The fourth-order valence-corrected chi connectivity index (χ4v) is 4.69. The standard InChI is InChI=1S/C20H30N2O3/c1-2-9-21-19(4-1)25-16-20-8-3-11-24-18(20)5-10-22(15-20)14-17-6-12-23-13-7-17/h1-2,4,9,17-18H,3,5-8,10-16H2/t18-,20+/m1/s1. The average molecular weight is 346 g/mol. The summed E-state index contributed by atoms with van der Waals surface area (Å²) in [5.74, 6) is 1.51. The molecule has 0 aromatic carbocycles. The molecular formula is C20H30N2O3. The van der Waals surface area contributed by atoms with Gasteiger partial charge < -0.3 is 19.1 Å². The second-order valence-electron chi connectivity index (χ2n) is 7.86. The highest BCUT2D eigenvalue weighted by Crippen LogP contribution is 2.41. The van der Waals surface area contributed by atoms with Crippen LogP contribution in [0, 0.1) is 11.3 Å². The Morgan fingerprint density at radius 3 is 2.96 bits per heavy atom. The van der Waals surface area contributed by atoms with E-state index >= 15 is 0 Å². The number of fused-ring (bicyclic) bond motifs is 1. The van der Waals surface area contributed by atoms with Crippen LogP contribution < -0.4 is 4.74 Å². The minimum atomic E-state index is 0.110. The van der Waals surface area contributed by atoms with Crippen molar-refractivity contribution in [2.75, 3.05) is 46.1 Å². The molecular weight excluding hydrogens is 316 g/mol. The maximum absolute atomic E-state index is 6.16. The number of rotatable bonds is 5. The molecule has 0 aliphatic carbocycles. The highest BCUT2D eigenvalue weighted by atomic mass is 16.5. The SMILES string of the molecule is c1ccc(OC[C@@]23CCCO[C@@H]2CCN(CC2CCOCC2)C3)nc1. The molecule has 4 rings (SSSR count). The summed E-state index contributed by atoms with van der Waals surface area (Å²) >= 11 is 0. The molecule has 25 heavy (non-hydrogen) atoms. The van der Waals surface area contributed by atoms with Crippen molar-refractivity contribution in [3.63, 3.8) is 0 Å². The Labute approximate surface area is 150 Å². The van der Waals surface area contributed by atoms with Crippen molar-refractivity contribution in [2.24, 2.45) is 11.3 Å². The minimum absolute atomic E-state index is 0.110. The number of hydrogen-bond donors (Lipinski definition) is 0. The zero-order valence-electron chi connectivity index (χ0n) is 15.1. The summed E-state index contributed by atoms with van der Waals surface area (Å²) in [6.45, 7) is 6.89. The quantitative estimate of drug-likeness (QED) is 0.820. The van der Waals surface area contributed by atoms with Gasteiger partial charge in [0.15, 0.2) is 0 Å². The molecule has 0 bridgehead atoms. The van der Waals surface area contributed by atoms with Crippen molar-refractivity contribution in [3.05, 3.63) is 24.4 Å². The van der Waals surface area contributed by atoms with Crippen molar-refractivity contribution in [2.45, 2.75) is 38.2 Å². The molecule has 3 saturated heterocycles. The number of ether oxygens (including phenoxy) is 3. The van der Waals surface area contributed by atoms with Crippen LogP contribution >= 0.6 is 0 Å². The van der Waals surface area contributed by atoms with Gasteiger partial charge >= 0.3 is 0 Å². The van der Waals surface area contributed by atoms with E-state index < -0.39 is 0 Å². The Bertz CT molecular complexity index is 535. The van der Waals surface area contributed by atoms with Gasteiger partial charge in [-0.1, -0.05) is 6.07 Å². The first-order valence-corrected chi connectivity index (χ1v) is 9.80. The molecule has 3 aliphatic rings. The van der Waals surface area contributed by atoms with Crippen LogP contribution in [-0.4, -0.2) is 62.0 Å². The minimum Gasteiger partial charge on any atom is -0.477 e. The lowest BCUT2D eigenvalue weighted by atomic mass is 9.72. The molecule has 5 nitrogen and oxygen atoms in total. The molecule has 3 aliphatic heterocycles. The molecule has 1 aromatic rings. The van der Waals surface area contributed by atoms with E-state index in [0.29, 0.717) is 12.7 Å². The van der Waals surface area contributed by atoms with Gasteiger partial charge in [-0.25, -0.2) is 4.98 Å². The third-order valence-electron chi connectivity index (χ3n) is 6.07. The number of pyridine rings is 1. The predicted octanol–water partition coefficient (Wildman–Crippen LogP) is 2.76. The molecule has 0 radical (unpaired) electrons. The van der Waals surface area contributed by atoms with Gasteiger partial charge in [0.1, 0.15) is 0 Å². The number of piperidine rings is 1. The van der Waals surface area contributed by atoms with Crippen LogP contribution in [0.2, 0.25) is 0 Å². The number of likely N-dealkylation sites (tertiary alicyclic amines) is 1. The Balaban J connectivity index is 1.41. The van der Waals surface area contributed by atoms with E-state index in [1.54, 1.807) is 6.20 Å². The van der Waals surface area contributed by atoms with Gasteiger partial charge in [0.05, 0.1) is 12.7 Å². The van der Waals surface area contributed by atoms with Gasteiger partial charge in [-0.2, -0.15) is 0 Å². The Hall–Kier alpha value is -1.17. The molecule has 2 atom stereocenters. The van der Waals surface area contributed by atoms with Gasteiger partial charge in [-0.15, -0.1) is 0 Å². The predicted molar refractivity (Wildman–Crippen MR) is 95.7 cm³/mol. The lowest BCUT2D eigenvalue weighted by molar-refractivity contribution is -0.142. The first-order chi connectivity index (χ1) is 12.3. The molecule has 0 spiro atoms. The van der Waals surface area contributed by atoms with E-state index in [2.05, 4.69) is 9.88 Å². The van der Waals surface area contributed by atoms with Crippen molar-refractivity contribution >= 4 is 0 Å². The van der Waals surface area contributed by atoms with Crippen LogP contribution in [-0.2, 0) is 9.47 Å². The highest BCUT2D eigenvalue weighted by Gasteiger charge is 2.47. The van der Waals surface area contributed by atoms with Crippen molar-refractivity contribution in [1.29, 1.82) is 0 Å². The van der Waals surface area contributed by atoms with Gasteiger partial charge in [-0.05, 0) is 44.1 Å². The zero-order chi connectivity index (χ0) is 17.0. The van der Waals surface area contributed by atoms with E-state index in [0.717, 1.165) is 57.5 Å². The van der Waals surface area contributed by atoms with Crippen molar-refractivity contribution in [3.8, 4) is 5.88 Å². The van der Waals surface area contributed by atoms with Crippen molar-refractivity contribution < 1.29 is 14.2 Å². The summed E-state index contributed by atoms with van der Waals surface area (Å²) in [7, 11) is 0. The smallest absolute Gasteiger partial charge is 0.213 e. The maximum Gasteiger partial charge on any atom is 0.213 e. The number of nitrogens with zero attached hydrogens (tertiary/aromatic N) is 2. The van der Waals surface area contributed by atoms with Gasteiger partial charge in [0.2, 0.25) is 5.88 Å². The summed E-state index contributed by atoms with van der Waals surface area (Å²) in [5, 5.41) is 0. The fraction of sp³-hybridized carbons (Fsp3) is 0.750. The van der Waals surface area contributed by atoms with Crippen LogP contribution in [0.15, 0.2) is 24.4 Å². The summed E-state index contributed by atoms with van der Waals surface area (Å²) in [6, 6.07) is 5.85. The van der Waals surface area contributed by atoms with E-state index in [-0.39, 0.29) is 5.41 Å². The zero-order valence-corrected chi connectivity index (χ0v) is 15.1. The fourth-order valence-electron chi connectivity index (χ4n) is 4.69. The molecule has 138 valence electrons. The molecule has 3 fully saturated rings. The van der Waals surface area contributed by atoms with Crippen LogP contribution in [0.4, 0.5) is 0 Å². The third kappa shape index (κ3) is 4.15. The van der Waals surface area contributed by atoms with Gasteiger partial charge in [0, 0.05) is 57.1 Å². The van der Waals surface area contributed by atoms with Crippen LogP contribution in [0.1, 0.15) is 32.1 Å². The van der Waals surface area contributed by atoms with Crippen LogP contribution in [0.5, 0.6) is 5.88 Å². The lowest BCUT2D eigenvalue weighted by Crippen LogP contribution is -2.58.